The molecule has 6 heteroatoms. The maximum absolute atomic E-state index is 6.07. The molecule has 0 radical (unpaired) electrons. The first-order valence-corrected chi connectivity index (χ1v) is 17.6. The second-order valence-corrected chi connectivity index (χ2v) is 12.9. The van der Waals surface area contributed by atoms with Gasteiger partial charge in [-0.25, -0.2) is 4.98 Å². The molecule has 54 heavy (non-hydrogen) atoms. The number of pyridine rings is 1. The molecule has 0 spiro atoms. The molecular weight excluding hydrogens is 844 g/mol. The van der Waals surface area contributed by atoms with Gasteiger partial charge in [0.05, 0.1) is 6.26 Å². The van der Waals surface area contributed by atoms with Crippen LogP contribution in [0.15, 0.2) is 187 Å². The van der Waals surface area contributed by atoms with E-state index in [1.165, 1.54) is 0 Å². The molecule has 10 rings (SSSR count). The van der Waals surface area contributed by atoms with Gasteiger partial charge in [-0.1, -0.05) is 108 Å². The minimum Gasteiger partial charge on any atom is -0.488 e. The molecule has 0 bridgehead atoms. The van der Waals surface area contributed by atoms with Crippen LogP contribution in [0.4, 0.5) is 22.7 Å². The van der Waals surface area contributed by atoms with Crippen molar-refractivity contribution in [1.29, 1.82) is 0 Å². The van der Waals surface area contributed by atoms with Crippen molar-refractivity contribution >= 4 is 55.9 Å². The number of para-hydroxylation sites is 3. The third kappa shape index (κ3) is 5.74. The zero-order valence-electron chi connectivity index (χ0n) is 28.9. The largest absolute Gasteiger partial charge is 0.488 e. The molecule has 0 N–H and O–H groups in total. The van der Waals surface area contributed by atoms with Gasteiger partial charge in [0.25, 0.3) is 0 Å². The zero-order chi connectivity index (χ0) is 35.1. The Bertz CT molecular complexity index is 2720. The van der Waals surface area contributed by atoms with Crippen LogP contribution in [0.1, 0.15) is 22.3 Å². The van der Waals surface area contributed by atoms with Crippen LogP contribution in [0.5, 0.6) is 0 Å². The fraction of sp³-hybridized carbons (Fsp3) is 0. The summed E-state index contributed by atoms with van der Waals surface area (Å²) in [4.78, 5) is 9.17. The van der Waals surface area contributed by atoms with Crippen molar-refractivity contribution in [1.82, 2.24) is 9.55 Å². The standard InChI is InChI=1S/C48H31N4O.Pt/c1-4-15-34(16-5-1)46(35-17-6-2-7-18-35)47(37-26-27-40-41-28-30-53-48(41)52(44(40)32-37)45-25-12-13-29-49-45)36-19-14-22-39(31-36)51-33-50(38-20-8-3-9-21-38)42-23-10-11-24-43(42)51;/h1-30,33H;/q-3;. The molecular formula is C48H31N4OPt-3. The van der Waals surface area contributed by atoms with Crippen LogP contribution in [0.25, 0.3) is 39.0 Å². The monoisotopic (exact) mass is 874 g/mol. The molecule has 9 aromatic rings. The molecule has 4 heterocycles. The predicted molar refractivity (Wildman–Crippen MR) is 214 cm³/mol. The molecule has 0 aliphatic carbocycles. The Morgan fingerprint density at radius 2 is 1.19 bits per heavy atom. The van der Waals surface area contributed by atoms with Crippen molar-refractivity contribution in [2.24, 2.45) is 0 Å². The van der Waals surface area contributed by atoms with E-state index in [0.717, 1.165) is 84.0 Å². The van der Waals surface area contributed by atoms with Gasteiger partial charge >= 0.3 is 0 Å². The Hall–Kier alpha value is -6.42. The summed E-state index contributed by atoms with van der Waals surface area (Å²) in [5.41, 5.74) is 12.1. The van der Waals surface area contributed by atoms with E-state index in [9.17, 15) is 0 Å². The number of aromatic nitrogens is 2. The first-order valence-electron chi connectivity index (χ1n) is 17.6. The Kier molecular flexibility index (Phi) is 8.78. The molecule has 6 aromatic carbocycles. The summed E-state index contributed by atoms with van der Waals surface area (Å²) < 4.78 is 8.13. The smallest absolute Gasteiger partial charge is 0.202 e. The van der Waals surface area contributed by atoms with Crippen molar-refractivity contribution in [2.45, 2.75) is 0 Å². The normalized spacial score (nSPS) is 12.1. The van der Waals surface area contributed by atoms with Gasteiger partial charge in [-0.15, -0.1) is 65.8 Å². The van der Waals surface area contributed by atoms with Crippen molar-refractivity contribution < 1.29 is 25.5 Å². The molecule has 1 aliphatic rings. The fourth-order valence-electron chi connectivity index (χ4n) is 7.43. The first kappa shape index (κ1) is 33.4. The molecule has 0 amide bonds. The van der Waals surface area contributed by atoms with Crippen LogP contribution in [0.3, 0.4) is 0 Å². The van der Waals surface area contributed by atoms with Gasteiger partial charge < -0.3 is 14.2 Å². The zero-order valence-corrected chi connectivity index (χ0v) is 31.2. The number of nitrogens with zero attached hydrogens (tertiary/aromatic N) is 4. The van der Waals surface area contributed by atoms with Crippen LogP contribution in [-0.4, -0.2) is 9.55 Å². The summed E-state index contributed by atoms with van der Waals surface area (Å²) in [6, 6.07) is 66.6. The molecule has 0 fully saturated rings. The van der Waals surface area contributed by atoms with E-state index in [2.05, 4.69) is 173 Å². The van der Waals surface area contributed by atoms with Crippen molar-refractivity contribution in [2.75, 3.05) is 9.80 Å². The van der Waals surface area contributed by atoms with E-state index < -0.39 is 0 Å². The Labute approximate surface area is 328 Å². The molecule has 262 valence electrons. The number of rotatable bonds is 7. The average molecular weight is 875 g/mol. The number of benzene rings is 6. The average Bonchev–Trinajstić information content (AvgIpc) is 3.94. The van der Waals surface area contributed by atoms with Crippen LogP contribution in [0, 0.1) is 18.8 Å². The van der Waals surface area contributed by atoms with Crippen molar-refractivity contribution in [3.63, 3.8) is 0 Å². The van der Waals surface area contributed by atoms with Crippen LogP contribution in [0.2, 0.25) is 0 Å². The minimum atomic E-state index is 0. The van der Waals surface area contributed by atoms with Crippen LogP contribution in [-0.2, 0) is 21.1 Å². The van der Waals surface area contributed by atoms with Gasteiger partial charge in [0, 0.05) is 49.7 Å². The topological polar surface area (TPSA) is 37.4 Å². The molecule has 3 aromatic heterocycles. The second-order valence-electron chi connectivity index (χ2n) is 12.9. The maximum atomic E-state index is 6.07. The van der Waals surface area contributed by atoms with Gasteiger partial charge in [0.2, 0.25) is 5.71 Å². The second kappa shape index (κ2) is 14.2. The van der Waals surface area contributed by atoms with Gasteiger partial charge in [-0.05, 0) is 64.7 Å². The number of hydrogen-bond acceptors (Lipinski definition) is 4. The number of fused-ring (bicyclic) bond motifs is 4. The number of anilines is 4. The van der Waals surface area contributed by atoms with Crippen molar-refractivity contribution in [3.8, 4) is 5.82 Å². The van der Waals surface area contributed by atoms with Gasteiger partial charge in [0.15, 0.2) is 0 Å². The summed E-state index contributed by atoms with van der Waals surface area (Å²) in [6.07, 6.45) is 3.54. The third-order valence-corrected chi connectivity index (χ3v) is 9.78. The molecule has 1 aliphatic heterocycles. The predicted octanol–water partition coefficient (Wildman–Crippen LogP) is 11.8. The Balaban J connectivity index is 0.00000384. The number of hydrogen-bond donors (Lipinski definition) is 0. The van der Waals surface area contributed by atoms with Crippen LogP contribution >= 0.6 is 0 Å². The Morgan fingerprint density at radius 3 is 1.89 bits per heavy atom. The van der Waals surface area contributed by atoms with Gasteiger partial charge in [-0.2, -0.15) is 0 Å². The maximum Gasteiger partial charge on any atom is 0.202 e. The molecule has 0 unspecified atom stereocenters. The molecule has 0 atom stereocenters. The van der Waals surface area contributed by atoms with E-state index >= 15 is 0 Å². The van der Waals surface area contributed by atoms with E-state index in [0.29, 0.717) is 0 Å². The van der Waals surface area contributed by atoms with E-state index in [1.54, 1.807) is 12.5 Å². The fourth-order valence-corrected chi connectivity index (χ4v) is 7.43. The molecule has 0 saturated carbocycles. The Morgan fingerprint density at radius 1 is 0.537 bits per heavy atom. The number of furan rings is 1. The molecule has 5 nitrogen and oxygen atoms in total. The quantitative estimate of drug-likeness (QED) is 0.118. The summed E-state index contributed by atoms with van der Waals surface area (Å²) in [5, 5.41) is 2.07. The minimum absolute atomic E-state index is 0. The summed E-state index contributed by atoms with van der Waals surface area (Å²) in [7, 11) is 0. The van der Waals surface area contributed by atoms with E-state index in [-0.39, 0.29) is 21.1 Å². The summed E-state index contributed by atoms with van der Waals surface area (Å²) in [6.45, 7) is 2.15. The van der Waals surface area contributed by atoms with E-state index in [1.807, 2.05) is 30.3 Å². The summed E-state index contributed by atoms with van der Waals surface area (Å²) >= 11 is 0. The SMILES string of the molecule is [Pt].[c-]1c(C(=C(c2ccccc2)c2ccccc2)c2[c-]c3c(cc2)c2ccoc2n3-c2ccccn2)cccc1N1[CH-]N(c2ccccc2)c2ccccc21. The van der Waals surface area contributed by atoms with Gasteiger partial charge in [-0.3, -0.25) is 4.57 Å². The van der Waals surface area contributed by atoms with E-state index in [4.69, 9.17) is 9.40 Å². The first-order chi connectivity index (χ1) is 26.3. The summed E-state index contributed by atoms with van der Waals surface area (Å²) in [5.74, 6) is 0.771. The molecule has 0 saturated heterocycles. The van der Waals surface area contributed by atoms with Crippen LogP contribution < -0.4 is 9.80 Å². The van der Waals surface area contributed by atoms with Gasteiger partial charge in [0.1, 0.15) is 5.82 Å². The van der Waals surface area contributed by atoms with Crippen molar-refractivity contribution in [3.05, 3.63) is 223 Å². The third-order valence-electron chi connectivity index (χ3n) is 9.78.